The van der Waals surface area contributed by atoms with E-state index >= 15 is 0 Å². The Kier molecular flexibility index (Phi) is 0.820. The van der Waals surface area contributed by atoms with E-state index in [-0.39, 0.29) is 5.03 Å². The fourth-order valence-corrected chi connectivity index (χ4v) is 0.470. The molecule has 0 unspecified atom stereocenters. The van der Waals surface area contributed by atoms with E-state index in [1.807, 2.05) is 0 Å². The van der Waals surface area contributed by atoms with E-state index in [1.165, 1.54) is 0 Å². The Balaban J connectivity index is 2.73. The average molecular weight is 121 g/mol. The van der Waals surface area contributed by atoms with E-state index in [0.717, 1.165) is 6.08 Å². The zero-order valence-electron chi connectivity index (χ0n) is 3.28. The molecule has 0 heterocycles. The maximum absolute atomic E-state index is 11.6. The van der Waals surface area contributed by atoms with Crippen LogP contribution in [0.15, 0.2) is 22.7 Å². The van der Waals surface area contributed by atoms with Crippen molar-refractivity contribution in [1.29, 1.82) is 0 Å². The minimum Gasteiger partial charge on any atom is -0.504 e. The zero-order chi connectivity index (χ0) is 5.44. The van der Waals surface area contributed by atoms with Crippen LogP contribution >= 0.6 is 11.6 Å². The van der Waals surface area contributed by atoms with Crippen LogP contribution in [0, 0.1) is 0 Å². The SMILES string of the molecule is OC1=C(F)C=C1Cl. The lowest BCUT2D eigenvalue weighted by atomic mass is 10.2. The Labute approximate surface area is 44.7 Å². The molecule has 1 N–H and O–H groups in total. The average Bonchev–Trinajstić information content (AvgIpc) is 1.68. The molecule has 3 heteroatoms. The second kappa shape index (κ2) is 1.23. The molecule has 7 heavy (non-hydrogen) atoms. The van der Waals surface area contributed by atoms with Gasteiger partial charge in [0.1, 0.15) is 0 Å². The molecule has 0 aromatic heterocycles. The van der Waals surface area contributed by atoms with Gasteiger partial charge in [0, 0.05) is 6.08 Å². The van der Waals surface area contributed by atoms with Gasteiger partial charge in [-0.3, -0.25) is 0 Å². The molecule has 1 aliphatic carbocycles. The summed E-state index contributed by atoms with van der Waals surface area (Å²) in [5.74, 6) is -1.06. The molecule has 0 atom stereocenters. The number of aliphatic hydroxyl groups is 1. The zero-order valence-corrected chi connectivity index (χ0v) is 4.04. The summed E-state index contributed by atoms with van der Waals surface area (Å²) in [5.41, 5.74) is 0. The first-order chi connectivity index (χ1) is 3.22. The first-order valence-electron chi connectivity index (χ1n) is 1.68. The van der Waals surface area contributed by atoms with E-state index in [2.05, 4.69) is 0 Å². The van der Waals surface area contributed by atoms with Crippen molar-refractivity contribution < 1.29 is 9.50 Å². The third kappa shape index (κ3) is 0.509. The molecule has 0 saturated heterocycles. The summed E-state index contributed by atoms with van der Waals surface area (Å²) in [6, 6.07) is 0. The van der Waals surface area contributed by atoms with Crippen molar-refractivity contribution >= 4 is 11.6 Å². The van der Waals surface area contributed by atoms with Crippen molar-refractivity contribution in [3.05, 3.63) is 22.7 Å². The molecular formula is C4H2ClFO. The van der Waals surface area contributed by atoms with Gasteiger partial charge >= 0.3 is 0 Å². The summed E-state index contributed by atoms with van der Waals surface area (Å²) in [7, 11) is 0. The second-order valence-corrected chi connectivity index (χ2v) is 1.60. The molecule has 0 saturated carbocycles. The highest BCUT2D eigenvalue weighted by Crippen LogP contribution is 2.28. The fourth-order valence-electron chi connectivity index (χ4n) is 0.284. The van der Waals surface area contributed by atoms with Gasteiger partial charge < -0.3 is 5.11 Å². The largest absolute Gasteiger partial charge is 0.504 e. The summed E-state index contributed by atoms with van der Waals surface area (Å²) in [5, 5.41) is 8.38. The third-order valence-corrected chi connectivity index (χ3v) is 0.994. The van der Waals surface area contributed by atoms with Crippen LogP contribution in [0.3, 0.4) is 0 Å². The summed E-state index contributed by atoms with van der Waals surface area (Å²) in [6.07, 6.45) is 1.05. The lowest BCUT2D eigenvalue weighted by Gasteiger charge is -2.04. The monoisotopic (exact) mass is 120 g/mol. The van der Waals surface area contributed by atoms with E-state index in [0.29, 0.717) is 0 Å². The van der Waals surface area contributed by atoms with Crippen LogP contribution in [-0.2, 0) is 0 Å². The van der Waals surface area contributed by atoms with Gasteiger partial charge in [-0.2, -0.15) is 0 Å². The number of hydrogen-bond donors (Lipinski definition) is 1. The molecule has 1 aliphatic rings. The molecule has 0 aromatic rings. The fraction of sp³-hybridized carbons (Fsp3) is 0. The Morgan fingerprint density at radius 1 is 1.71 bits per heavy atom. The first kappa shape index (κ1) is 4.65. The first-order valence-corrected chi connectivity index (χ1v) is 2.06. The Hall–Kier alpha value is -0.500. The Morgan fingerprint density at radius 2 is 2.29 bits per heavy atom. The lowest BCUT2D eigenvalue weighted by molar-refractivity contribution is 0.392. The number of hydrogen-bond acceptors (Lipinski definition) is 1. The molecule has 0 amide bonds. The van der Waals surface area contributed by atoms with Crippen LogP contribution in [0.2, 0.25) is 0 Å². The smallest absolute Gasteiger partial charge is 0.170 e. The third-order valence-electron chi connectivity index (χ3n) is 0.706. The highest BCUT2D eigenvalue weighted by molar-refractivity contribution is 6.33. The molecule has 0 fully saturated rings. The van der Waals surface area contributed by atoms with Gasteiger partial charge in [0.15, 0.2) is 11.6 Å². The summed E-state index contributed by atoms with van der Waals surface area (Å²) in [4.78, 5) is 0. The van der Waals surface area contributed by atoms with Crippen molar-refractivity contribution in [3.8, 4) is 0 Å². The molecule has 38 valence electrons. The van der Waals surface area contributed by atoms with Crippen LogP contribution in [0.25, 0.3) is 0 Å². The van der Waals surface area contributed by atoms with Crippen LogP contribution in [-0.4, -0.2) is 5.11 Å². The maximum Gasteiger partial charge on any atom is 0.170 e. The van der Waals surface area contributed by atoms with Crippen molar-refractivity contribution in [1.82, 2.24) is 0 Å². The summed E-state index contributed by atoms with van der Waals surface area (Å²) in [6.45, 7) is 0. The van der Waals surface area contributed by atoms with Crippen LogP contribution < -0.4 is 0 Å². The van der Waals surface area contributed by atoms with E-state index in [9.17, 15) is 4.39 Å². The van der Waals surface area contributed by atoms with Crippen molar-refractivity contribution in [2.75, 3.05) is 0 Å². The molecule has 0 radical (unpaired) electrons. The van der Waals surface area contributed by atoms with Gasteiger partial charge in [0.25, 0.3) is 0 Å². The van der Waals surface area contributed by atoms with Gasteiger partial charge in [-0.15, -0.1) is 0 Å². The summed E-state index contributed by atoms with van der Waals surface area (Å²) < 4.78 is 11.6. The summed E-state index contributed by atoms with van der Waals surface area (Å²) >= 11 is 5.11. The van der Waals surface area contributed by atoms with Gasteiger partial charge in [-0.05, 0) is 0 Å². The molecule has 0 bridgehead atoms. The minimum atomic E-state index is -0.634. The minimum absolute atomic E-state index is 0.0949. The predicted molar refractivity (Wildman–Crippen MR) is 24.7 cm³/mol. The van der Waals surface area contributed by atoms with Gasteiger partial charge in [0.2, 0.25) is 0 Å². The highest BCUT2D eigenvalue weighted by atomic mass is 35.5. The molecule has 0 aromatic carbocycles. The van der Waals surface area contributed by atoms with E-state index in [4.69, 9.17) is 16.7 Å². The number of allylic oxidation sites excluding steroid dienone is 3. The molecule has 1 nitrogen and oxygen atoms in total. The predicted octanol–water partition coefficient (Wildman–Crippen LogP) is 1.86. The molecule has 0 aliphatic heterocycles. The Morgan fingerprint density at radius 3 is 2.29 bits per heavy atom. The molecule has 0 spiro atoms. The number of halogens is 2. The van der Waals surface area contributed by atoms with Crippen molar-refractivity contribution in [2.45, 2.75) is 0 Å². The standard InChI is InChI=1S/C4H2ClFO/c5-2-1-3(6)4(2)7/h1,7H. The van der Waals surface area contributed by atoms with Crippen molar-refractivity contribution in [3.63, 3.8) is 0 Å². The van der Waals surface area contributed by atoms with E-state index < -0.39 is 11.6 Å². The van der Waals surface area contributed by atoms with Crippen LogP contribution in [0.5, 0.6) is 0 Å². The number of rotatable bonds is 0. The van der Waals surface area contributed by atoms with Gasteiger partial charge in [-0.25, -0.2) is 4.39 Å². The lowest BCUT2D eigenvalue weighted by Crippen LogP contribution is -1.93. The van der Waals surface area contributed by atoms with E-state index in [1.54, 1.807) is 0 Å². The Bertz CT molecular complexity index is 159. The molecule has 1 rings (SSSR count). The highest BCUT2D eigenvalue weighted by Gasteiger charge is 2.15. The topological polar surface area (TPSA) is 20.2 Å². The van der Waals surface area contributed by atoms with Gasteiger partial charge in [0.05, 0.1) is 5.03 Å². The quantitative estimate of drug-likeness (QED) is 0.517. The normalized spacial score (nSPS) is 18.9. The van der Waals surface area contributed by atoms with Crippen LogP contribution in [0.1, 0.15) is 0 Å². The van der Waals surface area contributed by atoms with Gasteiger partial charge in [-0.1, -0.05) is 11.6 Å². The maximum atomic E-state index is 11.6. The molecular weight excluding hydrogens is 118 g/mol. The van der Waals surface area contributed by atoms with Crippen molar-refractivity contribution in [2.24, 2.45) is 0 Å². The second-order valence-electron chi connectivity index (χ2n) is 1.19. The van der Waals surface area contributed by atoms with Crippen LogP contribution in [0.4, 0.5) is 4.39 Å². The number of aliphatic hydroxyl groups excluding tert-OH is 1.